The van der Waals surface area contributed by atoms with Crippen LogP contribution in [0, 0.1) is 5.41 Å². The zero-order valence-electron chi connectivity index (χ0n) is 7.49. The first-order chi connectivity index (χ1) is 6.77. The predicted octanol–water partition coefficient (Wildman–Crippen LogP) is 1.42. The number of amidine groups is 1. The lowest BCUT2D eigenvalue weighted by Crippen LogP contribution is -2.13. The molecule has 2 rings (SSSR count). The summed E-state index contributed by atoms with van der Waals surface area (Å²) in [5.74, 6) is 0.0206. The van der Waals surface area contributed by atoms with Crippen molar-refractivity contribution in [3.63, 3.8) is 0 Å². The van der Waals surface area contributed by atoms with Crippen LogP contribution in [0.3, 0.4) is 0 Å². The van der Waals surface area contributed by atoms with Gasteiger partial charge in [0, 0.05) is 11.1 Å². The number of para-hydroxylation sites is 1. The quantitative estimate of drug-likeness (QED) is 0.458. The van der Waals surface area contributed by atoms with E-state index in [1.54, 1.807) is 6.21 Å². The van der Waals surface area contributed by atoms with Crippen LogP contribution in [0.5, 0.6) is 0 Å². The molecule has 4 nitrogen and oxygen atoms in total. The molecule has 0 amide bonds. The molecule has 70 valence electrons. The van der Waals surface area contributed by atoms with E-state index in [0.717, 1.165) is 11.3 Å². The number of hydrogen-bond donors (Lipinski definition) is 3. The molecule has 0 bridgehead atoms. The highest BCUT2D eigenvalue weighted by molar-refractivity contribution is 6.17. The van der Waals surface area contributed by atoms with Gasteiger partial charge in [-0.1, -0.05) is 18.2 Å². The maximum atomic E-state index is 7.32. The second kappa shape index (κ2) is 3.33. The number of nitrogens with zero attached hydrogens (tertiary/aromatic N) is 1. The van der Waals surface area contributed by atoms with E-state index in [9.17, 15) is 0 Å². The van der Waals surface area contributed by atoms with E-state index >= 15 is 0 Å². The molecule has 1 heterocycles. The van der Waals surface area contributed by atoms with Gasteiger partial charge < -0.3 is 5.73 Å². The number of benzene rings is 1. The molecule has 0 unspecified atom stereocenters. The molecule has 4 N–H and O–H groups in total. The minimum Gasteiger partial charge on any atom is -0.384 e. The highest BCUT2D eigenvalue weighted by Crippen LogP contribution is 2.19. The normalized spacial score (nSPS) is 13.6. The number of nitrogens with one attached hydrogen (secondary N) is 2. The van der Waals surface area contributed by atoms with Gasteiger partial charge in [-0.2, -0.15) is 5.10 Å². The topological polar surface area (TPSA) is 74.3 Å². The molecule has 0 radical (unpaired) electrons. The first-order valence-corrected chi connectivity index (χ1v) is 4.21. The summed E-state index contributed by atoms with van der Waals surface area (Å²) in [5.41, 5.74) is 10.8. The minimum atomic E-state index is 0.0206. The molecular weight excluding hydrogens is 176 g/mol. The van der Waals surface area contributed by atoms with Gasteiger partial charge in [-0.05, 0) is 12.1 Å². The maximum absolute atomic E-state index is 7.32. The van der Waals surface area contributed by atoms with Gasteiger partial charge in [0.2, 0.25) is 0 Å². The van der Waals surface area contributed by atoms with E-state index in [1.807, 2.05) is 30.3 Å². The average molecular weight is 186 g/mol. The van der Waals surface area contributed by atoms with Gasteiger partial charge in [0.05, 0.1) is 11.9 Å². The zero-order valence-corrected chi connectivity index (χ0v) is 7.49. The number of nitrogens with two attached hydrogens (primary N) is 1. The van der Waals surface area contributed by atoms with Crippen molar-refractivity contribution in [2.45, 2.75) is 0 Å². The molecule has 0 aliphatic carbocycles. The van der Waals surface area contributed by atoms with Crippen LogP contribution in [-0.2, 0) is 0 Å². The van der Waals surface area contributed by atoms with Crippen LogP contribution in [0.2, 0.25) is 0 Å². The minimum absolute atomic E-state index is 0.0206. The van der Waals surface area contributed by atoms with Crippen molar-refractivity contribution in [2.75, 3.05) is 5.43 Å². The Morgan fingerprint density at radius 3 is 2.93 bits per heavy atom. The van der Waals surface area contributed by atoms with Crippen LogP contribution in [-0.4, -0.2) is 12.1 Å². The molecule has 0 fully saturated rings. The van der Waals surface area contributed by atoms with Gasteiger partial charge in [-0.15, -0.1) is 0 Å². The van der Waals surface area contributed by atoms with E-state index in [2.05, 4.69) is 10.5 Å². The van der Waals surface area contributed by atoms with Crippen LogP contribution < -0.4 is 11.2 Å². The fourth-order valence-electron chi connectivity index (χ4n) is 1.25. The van der Waals surface area contributed by atoms with E-state index < -0.39 is 0 Å². The van der Waals surface area contributed by atoms with E-state index in [-0.39, 0.29) is 5.84 Å². The van der Waals surface area contributed by atoms with Crippen molar-refractivity contribution in [3.8, 4) is 0 Å². The summed E-state index contributed by atoms with van der Waals surface area (Å²) in [7, 11) is 0. The Labute approximate surface area is 81.6 Å². The van der Waals surface area contributed by atoms with Crippen LogP contribution in [0.4, 0.5) is 5.69 Å². The molecule has 0 saturated heterocycles. The molecule has 1 aromatic carbocycles. The summed E-state index contributed by atoms with van der Waals surface area (Å²) < 4.78 is 0. The van der Waals surface area contributed by atoms with Crippen LogP contribution in [0.1, 0.15) is 5.56 Å². The predicted molar refractivity (Wildman–Crippen MR) is 58.4 cm³/mol. The van der Waals surface area contributed by atoms with E-state index in [4.69, 9.17) is 11.1 Å². The van der Waals surface area contributed by atoms with Crippen molar-refractivity contribution in [1.82, 2.24) is 0 Å². The molecule has 0 aromatic heterocycles. The van der Waals surface area contributed by atoms with Gasteiger partial charge in [0.1, 0.15) is 5.84 Å². The third-order valence-electron chi connectivity index (χ3n) is 1.97. The highest BCUT2D eigenvalue weighted by Gasteiger charge is 2.05. The van der Waals surface area contributed by atoms with Crippen LogP contribution in [0.15, 0.2) is 34.9 Å². The molecule has 1 aliphatic heterocycles. The molecule has 4 heteroatoms. The summed E-state index contributed by atoms with van der Waals surface area (Å²) in [5, 5.41) is 11.3. The molecule has 1 aromatic rings. The highest BCUT2D eigenvalue weighted by atomic mass is 15.3. The number of hydrazone groups is 1. The lowest BCUT2D eigenvalue weighted by atomic mass is 10.1. The van der Waals surface area contributed by atoms with E-state index in [0.29, 0.717) is 5.57 Å². The zero-order chi connectivity index (χ0) is 9.97. The maximum Gasteiger partial charge on any atom is 0.124 e. The number of rotatable bonds is 1. The molecule has 14 heavy (non-hydrogen) atoms. The Morgan fingerprint density at radius 1 is 1.36 bits per heavy atom. The van der Waals surface area contributed by atoms with Crippen LogP contribution in [0.25, 0.3) is 6.08 Å². The lowest BCUT2D eigenvalue weighted by molar-refractivity contribution is 1.35. The Balaban J connectivity index is 2.51. The summed E-state index contributed by atoms with van der Waals surface area (Å²) in [6, 6.07) is 7.72. The van der Waals surface area contributed by atoms with Crippen LogP contribution >= 0.6 is 0 Å². The number of anilines is 1. The third kappa shape index (κ3) is 1.50. The first-order valence-electron chi connectivity index (χ1n) is 4.21. The van der Waals surface area contributed by atoms with Crippen molar-refractivity contribution >= 4 is 23.8 Å². The Bertz CT molecular complexity index is 432. The lowest BCUT2D eigenvalue weighted by Gasteiger charge is -2.01. The van der Waals surface area contributed by atoms with Gasteiger partial charge in [0.15, 0.2) is 0 Å². The molecule has 1 aliphatic rings. The fourth-order valence-corrected chi connectivity index (χ4v) is 1.25. The van der Waals surface area contributed by atoms with E-state index in [1.165, 1.54) is 0 Å². The molecule has 0 atom stereocenters. The van der Waals surface area contributed by atoms with Gasteiger partial charge in [-0.3, -0.25) is 10.8 Å². The molecular formula is C10H10N4. The summed E-state index contributed by atoms with van der Waals surface area (Å²) in [6.07, 6.45) is 3.38. The molecule has 0 spiro atoms. The Kier molecular flexibility index (Phi) is 2.02. The van der Waals surface area contributed by atoms with Gasteiger partial charge >= 0.3 is 0 Å². The van der Waals surface area contributed by atoms with Gasteiger partial charge in [0.25, 0.3) is 0 Å². The fraction of sp³-hybridized carbons (Fsp3) is 0. The van der Waals surface area contributed by atoms with Gasteiger partial charge in [-0.25, -0.2) is 0 Å². The first kappa shape index (κ1) is 8.50. The average Bonchev–Trinajstić information content (AvgIpc) is 2.39. The van der Waals surface area contributed by atoms with Crippen molar-refractivity contribution in [1.29, 1.82) is 5.41 Å². The number of hydrogen-bond acceptors (Lipinski definition) is 3. The standard InChI is InChI=1S/C10H10N4/c11-10(12)8-5-7-3-1-2-4-9(7)14-13-6-8/h1-6,14H,(H3,11,12). The largest absolute Gasteiger partial charge is 0.384 e. The second-order valence-electron chi connectivity index (χ2n) is 2.97. The third-order valence-corrected chi connectivity index (χ3v) is 1.97. The Hall–Kier alpha value is -2.10. The van der Waals surface area contributed by atoms with Crippen molar-refractivity contribution < 1.29 is 0 Å². The summed E-state index contributed by atoms with van der Waals surface area (Å²) >= 11 is 0. The van der Waals surface area contributed by atoms with Crippen molar-refractivity contribution in [2.24, 2.45) is 10.8 Å². The monoisotopic (exact) mass is 186 g/mol. The number of fused-ring (bicyclic) bond motifs is 1. The summed E-state index contributed by atoms with van der Waals surface area (Å²) in [6.45, 7) is 0. The summed E-state index contributed by atoms with van der Waals surface area (Å²) in [4.78, 5) is 0. The second-order valence-corrected chi connectivity index (χ2v) is 2.97. The Morgan fingerprint density at radius 2 is 2.14 bits per heavy atom. The molecule has 0 saturated carbocycles. The smallest absolute Gasteiger partial charge is 0.124 e. The SMILES string of the molecule is N=C(N)C1=Cc2ccccc2NN=C1. The van der Waals surface area contributed by atoms with Crippen molar-refractivity contribution in [3.05, 3.63) is 35.4 Å².